The van der Waals surface area contributed by atoms with E-state index in [-0.39, 0.29) is 17.6 Å². The van der Waals surface area contributed by atoms with Crippen molar-refractivity contribution >= 4 is 5.69 Å². The Kier molecular flexibility index (Phi) is 4.56. The zero-order valence-corrected chi connectivity index (χ0v) is 11.5. The molecule has 2 aromatic rings. The summed E-state index contributed by atoms with van der Waals surface area (Å²) >= 11 is 0. The summed E-state index contributed by atoms with van der Waals surface area (Å²) in [6.45, 7) is 2.03. The first-order valence-corrected chi connectivity index (χ1v) is 6.49. The monoisotopic (exact) mass is 277 g/mol. The van der Waals surface area contributed by atoms with E-state index >= 15 is 0 Å². The van der Waals surface area contributed by atoms with Crippen LogP contribution in [0.15, 0.2) is 42.5 Å². The molecule has 1 atom stereocenters. The van der Waals surface area contributed by atoms with Crippen LogP contribution < -0.4 is 10.1 Å². The lowest BCUT2D eigenvalue weighted by molar-refractivity contribution is 0.386. The normalized spacial score (nSPS) is 12.0. The molecule has 0 amide bonds. The van der Waals surface area contributed by atoms with Crippen molar-refractivity contribution in [2.24, 2.45) is 0 Å². The summed E-state index contributed by atoms with van der Waals surface area (Å²) in [5, 5.41) is 3.30. The van der Waals surface area contributed by atoms with Gasteiger partial charge in [-0.25, -0.2) is 8.78 Å². The molecule has 4 heteroatoms. The molecule has 0 fully saturated rings. The summed E-state index contributed by atoms with van der Waals surface area (Å²) in [4.78, 5) is 0. The molecule has 0 bridgehead atoms. The average molecular weight is 277 g/mol. The highest BCUT2D eigenvalue weighted by atomic mass is 19.1. The molecule has 2 nitrogen and oxygen atoms in total. The fraction of sp³-hybridized carbons (Fsp3) is 0.250. The Morgan fingerprint density at radius 1 is 1.10 bits per heavy atom. The summed E-state index contributed by atoms with van der Waals surface area (Å²) < 4.78 is 31.3. The Labute approximate surface area is 117 Å². The lowest BCUT2D eigenvalue weighted by Gasteiger charge is -2.19. The Balaban J connectivity index is 2.19. The molecule has 0 aliphatic heterocycles. The Morgan fingerprint density at radius 3 is 2.40 bits per heavy atom. The Morgan fingerprint density at radius 2 is 1.80 bits per heavy atom. The number of halogens is 2. The minimum absolute atomic E-state index is 0.0331. The second-order valence-corrected chi connectivity index (χ2v) is 4.51. The maximum Gasteiger partial charge on any atom is 0.165 e. The third-order valence-electron chi connectivity index (χ3n) is 3.17. The molecule has 0 saturated heterocycles. The highest BCUT2D eigenvalue weighted by Crippen LogP contribution is 2.26. The summed E-state index contributed by atoms with van der Waals surface area (Å²) in [5.41, 5.74) is 1.75. The molecule has 0 aliphatic rings. The molecule has 0 saturated carbocycles. The number of nitrogens with one attached hydrogen (secondary N) is 1. The van der Waals surface area contributed by atoms with Gasteiger partial charge < -0.3 is 10.1 Å². The lowest BCUT2D eigenvalue weighted by atomic mass is 10.0. The van der Waals surface area contributed by atoms with Gasteiger partial charge in [0, 0.05) is 11.8 Å². The number of hydrogen-bond acceptors (Lipinski definition) is 2. The number of anilines is 1. The first-order chi connectivity index (χ1) is 9.63. The topological polar surface area (TPSA) is 21.3 Å². The van der Waals surface area contributed by atoms with E-state index in [0.717, 1.165) is 17.7 Å². The second kappa shape index (κ2) is 6.37. The minimum atomic E-state index is -0.395. The van der Waals surface area contributed by atoms with Crippen LogP contribution in [0.5, 0.6) is 5.75 Å². The van der Waals surface area contributed by atoms with E-state index in [0.29, 0.717) is 0 Å². The first kappa shape index (κ1) is 14.3. The highest BCUT2D eigenvalue weighted by Gasteiger charge is 2.11. The quantitative estimate of drug-likeness (QED) is 0.866. The summed E-state index contributed by atoms with van der Waals surface area (Å²) in [6.07, 6.45) is 0.825. The van der Waals surface area contributed by atoms with Gasteiger partial charge in [-0.2, -0.15) is 0 Å². The minimum Gasteiger partial charge on any atom is -0.494 e. The van der Waals surface area contributed by atoms with Gasteiger partial charge in [-0.1, -0.05) is 19.1 Å². The summed E-state index contributed by atoms with van der Waals surface area (Å²) in [5.74, 6) is -0.455. The van der Waals surface area contributed by atoms with E-state index in [9.17, 15) is 8.78 Å². The highest BCUT2D eigenvalue weighted by molar-refractivity contribution is 5.50. The maximum absolute atomic E-state index is 13.4. The molecule has 1 N–H and O–H groups in total. The van der Waals surface area contributed by atoms with E-state index in [4.69, 9.17) is 4.74 Å². The van der Waals surface area contributed by atoms with Crippen molar-refractivity contribution in [2.45, 2.75) is 19.4 Å². The molecule has 0 heterocycles. The second-order valence-electron chi connectivity index (χ2n) is 4.51. The molecule has 1 unspecified atom stereocenters. The van der Waals surface area contributed by atoms with E-state index in [1.165, 1.54) is 25.3 Å². The Bertz CT molecular complexity index is 569. The standard InChI is InChI=1S/C16H17F2NO/c1-3-15(11-4-6-12(17)7-5-11)19-13-8-9-14(18)16(10-13)20-2/h4-10,15,19H,3H2,1-2H3. The molecule has 2 aromatic carbocycles. The van der Waals surface area contributed by atoms with Crippen molar-refractivity contribution in [1.29, 1.82) is 0 Å². The van der Waals surface area contributed by atoms with E-state index in [1.807, 2.05) is 6.92 Å². The maximum atomic E-state index is 13.4. The molecule has 0 radical (unpaired) electrons. The average Bonchev–Trinajstić information content (AvgIpc) is 2.47. The molecular weight excluding hydrogens is 260 g/mol. The van der Waals surface area contributed by atoms with Crippen LogP contribution in [0.2, 0.25) is 0 Å². The van der Waals surface area contributed by atoms with Gasteiger partial charge in [-0.3, -0.25) is 0 Å². The van der Waals surface area contributed by atoms with Crippen LogP contribution in [0, 0.1) is 11.6 Å². The molecule has 106 valence electrons. The van der Waals surface area contributed by atoms with Crippen LogP contribution in [0.3, 0.4) is 0 Å². The molecule has 20 heavy (non-hydrogen) atoms. The van der Waals surface area contributed by atoms with Gasteiger partial charge in [-0.05, 0) is 36.2 Å². The molecule has 0 aromatic heterocycles. The summed E-state index contributed by atoms with van der Waals surface area (Å²) in [7, 11) is 1.43. The van der Waals surface area contributed by atoms with Crippen molar-refractivity contribution in [2.75, 3.05) is 12.4 Å². The van der Waals surface area contributed by atoms with Crippen molar-refractivity contribution in [1.82, 2.24) is 0 Å². The van der Waals surface area contributed by atoms with Crippen LogP contribution in [0.25, 0.3) is 0 Å². The number of benzene rings is 2. The van der Waals surface area contributed by atoms with Crippen LogP contribution in [-0.4, -0.2) is 7.11 Å². The lowest BCUT2D eigenvalue weighted by Crippen LogP contribution is -2.09. The van der Waals surface area contributed by atoms with Crippen molar-refractivity contribution < 1.29 is 13.5 Å². The van der Waals surface area contributed by atoms with Crippen LogP contribution in [0.1, 0.15) is 24.9 Å². The molecule has 0 aliphatic carbocycles. The predicted molar refractivity (Wildman–Crippen MR) is 76.0 cm³/mol. The van der Waals surface area contributed by atoms with Gasteiger partial charge in [0.05, 0.1) is 13.2 Å². The number of ether oxygens (including phenoxy) is 1. The van der Waals surface area contributed by atoms with Gasteiger partial charge in [0.1, 0.15) is 5.82 Å². The van der Waals surface area contributed by atoms with Crippen LogP contribution in [0.4, 0.5) is 14.5 Å². The molecule has 2 rings (SSSR count). The van der Waals surface area contributed by atoms with E-state index in [2.05, 4.69) is 5.32 Å². The first-order valence-electron chi connectivity index (χ1n) is 6.49. The van der Waals surface area contributed by atoms with Crippen LogP contribution in [-0.2, 0) is 0 Å². The van der Waals surface area contributed by atoms with Gasteiger partial charge in [0.25, 0.3) is 0 Å². The number of rotatable bonds is 5. The third kappa shape index (κ3) is 3.26. The van der Waals surface area contributed by atoms with E-state index in [1.54, 1.807) is 24.3 Å². The van der Waals surface area contributed by atoms with Crippen LogP contribution >= 0.6 is 0 Å². The van der Waals surface area contributed by atoms with Crippen molar-refractivity contribution in [3.8, 4) is 5.75 Å². The fourth-order valence-electron chi connectivity index (χ4n) is 2.07. The van der Waals surface area contributed by atoms with Gasteiger partial charge in [-0.15, -0.1) is 0 Å². The van der Waals surface area contributed by atoms with Gasteiger partial charge in [0.2, 0.25) is 0 Å². The zero-order valence-electron chi connectivity index (χ0n) is 11.5. The van der Waals surface area contributed by atoms with E-state index < -0.39 is 5.82 Å². The summed E-state index contributed by atoms with van der Waals surface area (Å²) in [6, 6.07) is 11.0. The predicted octanol–water partition coefficient (Wildman–Crippen LogP) is 4.54. The fourth-order valence-corrected chi connectivity index (χ4v) is 2.07. The SMILES string of the molecule is CCC(Nc1ccc(F)c(OC)c1)c1ccc(F)cc1. The van der Waals surface area contributed by atoms with Gasteiger partial charge >= 0.3 is 0 Å². The number of hydrogen-bond donors (Lipinski definition) is 1. The third-order valence-corrected chi connectivity index (χ3v) is 3.17. The molecular formula is C16H17F2NO. The van der Waals surface area contributed by atoms with Crippen molar-refractivity contribution in [3.05, 3.63) is 59.7 Å². The zero-order chi connectivity index (χ0) is 14.5. The largest absolute Gasteiger partial charge is 0.494 e. The molecule has 0 spiro atoms. The number of methoxy groups -OCH3 is 1. The Hall–Kier alpha value is -2.10. The van der Waals surface area contributed by atoms with Gasteiger partial charge in [0.15, 0.2) is 11.6 Å². The smallest absolute Gasteiger partial charge is 0.165 e. The van der Waals surface area contributed by atoms with Crippen molar-refractivity contribution in [3.63, 3.8) is 0 Å².